The average Bonchev–Trinajstić information content (AvgIpc) is 2.68. The van der Waals surface area contributed by atoms with Gasteiger partial charge in [0.2, 0.25) is 0 Å². The molecular weight excluding hydrogens is 379 g/mol. The maximum absolute atomic E-state index is 14.6. The summed E-state index contributed by atoms with van der Waals surface area (Å²) in [6, 6.07) is 15.0. The van der Waals surface area contributed by atoms with Crippen LogP contribution in [0.15, 0.2) is 59.4 Å². The molecule has 7 heteroatoms. The zero-order valence-electron chi connectivity index (χ0n) is 14.7. The highest BCUT2D eigenvalue weighted by Crippen LogP contribution is 2.34. The average molecular weight is 395 g/mol. The van der Waals surface area contributed by atoms with Crippen molar-refractivity contribution in [1.82, 2.24) is 10.2 Å². The quantitative estimate of drug-likeness (QED) is 0.455. The Morgan fingerprint density at radius 2 is 1.75 bits per heavy atom. The van der Waals surface area contributed by atoms with E-state index in [1.807, 2.05) is 12.1 Å². The smallest absolute Gasteiger partial charge is 0.272 e. The van der Waals surface area contributed by atoms with Crippen molar-refractivity contribution in [3.8, 4) is 11.1 Å². The number of nitrogens with zero attached hydrogens (tertiary/aromatic N) is 1. The van der Waals surface area contributed by atoms with E-state index in [0.717, 1.165) is 5.39 Å². The van der Waals surface area contributed by atoms with Crippen LogP contribution in [0.3, 0.4) is 0 Å². The molecule has 0 spiro atoms. The summed E-state index contributed by atoms with van der Waals surface area (Å²) >= 11 is 6.25. The van der Waals surface area contributed by atoms with E-state index in [0.29, 0.717) is 50.6 Å². The summed E-state index contributed by atoms with van der Waals surface area (Å²) in [7, 11) is 0. The minimum Gasteiger partial charge on any atom is -0.399 e. The fraction of sp³-hybridized carbons (Fsp3) is 0.0476. The van der Waals surface area contributed by atoms with Gasteiger partial charge in [0.25, 0.3) is 5.56 Å². The van der Waals surface area contributed by atoms with Gasteiger partial charge in [-0.05, 0) is 42.0 Å². The van der Waals surface area contributed by atoms with E-state index in [9.17, 15) is 9.18 Å². The number of H-pyrrole nitrogens is 1. The Labute approximate surface area is 164 Å². The molecule has 0 aliphatic carbocycles. The number of aromatic nitrogens is 2. The lowest BCUT2D eigenvalue weighted by Gasteiger charge is -2.13. The topological polar surface area (TPSA) is 97.8 Å². The van der Waals surface area contributed by atoms with E-state index >= 15 is 0 Å². The molecule has 5 N–H and O–H groups in total. The van der Waals surface area contributed by atoms with Crippen molar-refractivity contribution in [2.75, 3.05) is 11.5 Å². The van der Waals surface area contributed by atoms with E-state index in [2.05, 4.69) is 10.2 Å². The number of hydrogen-bond acceptors (Lipinski definition) is 4. The number of aromatic amines is 1. The van der Waals surface area contributed by atoms with Crippen LogP contribution < -0.4 is 17.0 Å². The first-order valence-electron chi connectivity index (χ1n) is 8.53. The summed E-state index contributed by atoms with van der Waals surface area (Å²) in [6.45, 7) is 0. The zero-order valence-corrected chi connectivity index (χ0v) is 15.4. The van der Waals surface area contributed by atoms with E-state index in [4.69, 9.17) is 23.1 Å². The van der Waals surface area contributed by atoms with Crippen molar-refractivity contribution >= 4 is 33.7 Å². The molecule has 28 heavy (non-hydrogen) atoms. The largest absolute Gasteiger partial charge is 0.399 e. The second kappa shape index (κ2) is 6.98. The molecule has 0 radical (unpaired) electrons. The van der Waals surface area contributed by atoms with E-state index in [1.54, 1.807) is 36.4 Å². The number of halogens is 2. The van der Waals surface area contributed by atoms with Crippen LogP contribution in [0, 0.1) is 5.82 Å². The van der Waals surface area contributed by atoms with Gasteiger partial charge >= 0.3 is 0 Å². The number of fused-ring (bicyclic) bond motifs is 1. The highest BCUT2D eigenvalue weighted by Gasteiger charge is 2.15. The van der Waals surface area contributed by atoms with Crippen molar-refractivity contribution in [3.63, 3.8) is 0 Å². The Bertz CT molecular complexity index is 1270. The van der Waals surface area contributed by atoms with Gasteiger partial charge in [-0.1, -0.05) is 29.8 Å². The molecule has 1 heterocycles. The number of nitrogen functional groups attached to an aromatic ring is 2. The van der Waals surface area contributed by atoms with Gasteiger partial charge in [-0.25, -0.2) is 9.49 Å². The standard InChI is InChI=1S/C21H16ClFN4O/c22-17-6-5-12(24)9-15(17)16-7-11(19(25)10-18(16)23)8-20-13-3-1-2-4-14(13)21(28)27-26-20/h1-7,9-10H,8,24-25H2,(H,27,28). The molecule has 0 bridgehead atoms. The Balaban J connectivity index is 1.85. The van der Waals surface area contributed by atoms with Gasteiger partial charge in [0.15, 0.2) is 0 Å². The van der Waals surface area contributed by atoms with Crippen LogP contribution in [0.25, 0.3) is 21.9 Å². The Kier molecular flexibility index (Phi) is 4.49. The molecule has 4 rings (SSSR count). The fourth-order valence-electron chi connectivity index (χ4n) is 3.23. The molecule has 1 aromatic heterocycles. The van der Waals surface area contributed by atoms with Gasteiger partial charge in [0, 0.05) is 39.3 Å². The first-order chi connectivity index (χ1) is 13.4. The van der Waals surface area contributed by atoms with Crippen LogP contribution in [0.5, 0.6) is 0 Å². The van der Waals surface area contributed by atoms with Crippen molar-refractivity contribution in [3.05, 3.63) is 87.0 Å². The highest BCUT2D eigenvalue weighted by molar-refractivity contribution is 6.33. The van der Waals surface area contributed by atoms with E-state index < -0.39 is 5.82 Å². The van der Waals surface area contributed by atoms with Gasteiger partial charge in [0.05, 0.1) is 11.1 Å². The molecule has 0 saturated heterocycles. The first-order valence-corrected chi connectivity index (χ1v) is 8.91. The first kappa shape index (κ1) is 18.0. The Morgan fingerprint density at radius 3 is 2.54 bits per heavy atom. The Morgan fingerprint density at radius 1 is 1.00 bits per heavy atom. The summed E-state index contributed by atoms with van der Waals surface area (Å²) in [6.07, 6.45) is 0.316. The molecule has 0 atom stereocenters. The van der Waals surface area contributed by atoms with E-state index in [-0.39, 0.29) is 5.56 Å². The van der Waals surface area contributed by atoms with Crippen LogP contribution in [0.2, 0.25) is 5.02 Å². The molecule has 5 nitrogen and oxygen atoms in total. The van der Waals surface area contributed by atoms with Gasteiger partial charge in [-0.15, -0.1) is 0 Å². The normalized spacial score (nSPS) is 11.1. The summed E-state index contributed by atoms with van der Waals surface area (Å²) in [4.78, 5) is 12.0. The maximum atomic E-state index is 14.6. The van der Waals surface area contributed by atoms with Crippen LogP contribution in [-0.4, -0.2) is 10.2 Å². The lowest BCUT2D eigenvalue weighted by molar-refractivity contribution is 0.631. The van der Waals surface area contributed by atoms with Crippen molar-refractivity contribution in [2.24, 2.45) is 0 Å². The molecule has 0 fully saturated rings. The Hall–Kier alpha value is -3.38. The minimum absolute atomic E-state index is 0.265. The molecule has 3 aromatic carbocycles. The number of hydrogen-bond donors (Lipinski definition) is 3. The SMILES string of the molecule is Nc1ccc(Cl)c(-c2cc(Cc3n[nH]c(=O)c4ccccc34)c(N)cc2F)c1. The second-order valence-corrected chi connectivity index (χ2v) is 6.90. The lowest BCUT2D eigenvalue weighted by Crippen LogP contribution is -2.11. The van der Waals surface area contributed by atoms with Gasteiger partial charge in [-0.3, -0.25) is 4.79 Å². The minimum atomic E-state index is -0.493. The summed E-state index contributed by atoms with van der Waals surface area (Å²) in [5, 5.41) is 8.31. The second-order valence-electron chi connectivity index (χ2n) is 6.49. The summed E-state index contributed by atoms with van der Waals surface area (Å²) in [5.74, 6) is -0.493. The third kappa shape index (κ3) is 3.18. The number of benzene rings is 3. The van der Waals surface area contributed by atoms with E-state index in [1.165, 1.54) is 6.07 Å². The zero-order chi connectivity index (χ0) is 19.8. The number of nitrogens with two attached hydrogens (primary N) is 2. The predicted molar refractivity (Wildman–Crippen MR) is 111 cm³/mol. The number of nitrogens with one attached hydrogen (secondary N) is 1. The van der Waals surface area contributed by atoms with Crippen LogP contribution in [-0.2, 0) is 6.42 Å². The van der Waals surface area contributed by atoms with Crippen molar-refractivity contribution in [1.29, 1.82) is 0 Å². The maximum Gasteiger partial charge on any atom is 0.272 e. The van der Waals surface area contributed by atoms with Crippen LogP contribution in [0.4, 0.5) is 15.8 Å². The monoisotopic (exact) mass is 394 g/mol. The van der Waals surface area contributed by atoms with Gasteiger partial charge in [-0.2, -0.15) is 5.10 Å². The van der Waals surface area contributed by atoms with Gasteiger partial charge in [0.1, 0.15) is 5.82 Å². The summed E-state index contributed by atoms with van der Waals surface area (Å²) < 4.78 is 14.6. The van der Waals surface area contributed by atoms with Crippen molar-refractivity contribution in [2.45, 2.75) is 6.42 Å². The highest BCUT2D eigenvalue weighted by atomic mass is 35.5. The van der Waals surface area contributed by atoms with Crippen LogP contribution in [0.1, 0.15) is 11.3 Å². The third-order valence-electron chi connectivity index (χ3n) is 4.64. The molecule has 0 unspecified atom stereocenters. The molecular formula is C21H16ClFN4O. The third-order valence-corrected chi connectivity index (χ3v) is 4.97. The molecule has 0 aliphatic rings. The number of anilines is 2. The summed E-state index contributed by atoms with van der Waals surface area (Å²) in [5.41, 5.74) is 14.5. The van der Waals surface area contributed by atoms with Gasteiger partial charge < -0.3 is 11.5 Å². The fourth-order valence-corrected chi connectivity index (χ4v) is 3.45. The lowest BCUT2D eigenvalue weighted by atomic mass is 9.97. The predicted octanol–water partition coefficient (Wildman–Crippen LogP) is 4.14. The molecule has 0 amide bonds. The van der Waals surface area contributed by atoms with Crippen LogP contribution >= 0.6 is 11.6 Å². The molecule has 0 saturated carbocycles. The molecule has 0 aliphatic heterocycles. The molecule has 4 aromatic rings. The number of rotatable bonds is 3. The molecule has 140 valence electrons. The van der Waals surface area contributed by atoms with Crippen molar-refractivity contribution < 1.29 is 4.39 Å².